The third-order valence-corrected chi connectivity index (χ3v) is 2.04. The Labute approximate surface area is 94.5 Å². The Bertz CT molecular complexity index is 360. The summed E-state index contributed by atoms with van der Waals surface area (Å²) in [5, 5.41) is 18.2. The van der Waals surface area contributed by atoms with Crippen LogP contribution in [0.15, 0.2) is 24.3 Å². The summed E-state index contributed by atoms with van der Waals surface area (Å²) in [5.74, 6) is -0.858. The zero-order valence-corrected chi connectivity index (χ0v) is 9.38. The first-order valence-electron chi connectivity index (χ1n) is 5.15. The van der Waals surface area contributed by atoms with Crippen LogP contribution < -0.4 is 0 Å². The highest BCUT2D eigenvalue weighted by molar-refractivity contribution is 5.72. The Kier molecular flexibility index (Phi) is 4.31. The van der Waals surface area contributed by atoms with Gasteiger partial charge in [0, 0.05) is 6.42 Å². The van der Waals surface area contributed by atoms with Crippen LogP contribution in [0.1, 0.15) is 19.4 Å². The summed E-state index contributed by atoms with van der Waals surface area (Å²) in [6, 6.07) is 6.53. The molecule has 2 N–H and O–H groups in total. The Balaban J connectivity index is 2.71. The molecule has 0 bridgehead atoms. The molecule has 4 heteroatoms. The second kappa shape index (κ2) is 5.51. The van der Waals surface area contributed by atoms with Crippen molar-refractivity contribution in [3.63, 3.8) is 0 Å². The molecule has 0 unspecified atom stereocenters. The van der Waals surface area contributed by atoms with E-state index in [-0.39, 0.29) is 18.3 Å². The van der Waals surface area contributed by atoms with Crippen LogP contribution in [0.2, 0.25) is 0 Å². The van der Waals surface area contributed by atoms with Crippen molar-refractivity contribution in [2.24, 2.45) is 0 Å². The molecule has 0 spiro atoms. The largest absolute Gasteiger partial charge is 0.508 e. The van der Waals surface area contributed by atoms with Crippen LogP contribution in [0.5, 0.6) is 5.75 Å². The van der Waals surface area contributed by atoms with E-state index in [1.54, 1.807) is 38.1 Å². The van der Waals surface area contributed by atoms with Gasteiger partial charge in [0.15, 0.2) is 6.10 Å². The summed E-state index contributed by atoms with van der Waals surface area (Å²) < 4.78 is 5.27. The number of carboxylic acids is 1. The lowest BCUT2D eigenvalue weighted by Crippen LogP contribution is -2.29. The summed E-state index contributed by atoms with van der Waals surface area (Å²) in [7, 11) is 0. The van der Waals surface area contributed by atoms with Gasteiger partial charge in [-0.3, -0.25) is 0 Å². The van der Waals surface area contributed by atoms with E-state index in [0.717, 1.165) is 5.56 Å². The number of hydrogen-bond acceptors (Lipinski definition) is 3. The first-order valence-corrected chi connectivity index (χ1v) is 5.15. The third kappa shape index (κ3) is 3.90. The van der Waals surface area contributed by atoms with E-state index in [0.29, 0.717) is 0 Å². The van der Waals surface area contributed by atoms with Gasteiger partial charge in [0.25, 0.3) is 0 Å². The van der Waals surface area contributed by atoms with Crippen LogP contribution in [0.25, 0.3) is 0 Å². The van der Waals surface area contributed by atoms with Crippen LogP contribution in [0.3, 0.4) is 0 Å². The van der Waals surface area contributed by atoms with Gasteiger partial charge in [-0.25, -0.2) is 4.79 Å². The molecule has 0 radical (unpaired) electrons. The quantitative estimate of drug-likeness (QED) is 0.800. The molecule has 1 atom stereocenters. The molecule has 16 heavy (non-hydrogen) atoms. The molecule has 0 fully saturated rings. The molecule has 0 saturated heterocycles. The zero-order chi connectivity index (χ0) is 12.1. The number of phenolic OH excluding ortho intramolecular Hbond substituents is 1. The maximum atomic E-state index is 10.9. The predicted molar refractivity (Wildman–Crippen MR) is 59.5 cm³/mol. The Morgan fingerprint density at radius 3 is 2.62 bits per heavy atom. The van der Waals surface area contributed by atoms with Crippen LogP contribution in [0, 0.1) is 0 Å². The maximum absolute atomic E-state index is 10.9. The Morgan fingerprint density at radius 2 is 2.12 bits per heavy atom. The minimum atomic E-state index is -0.989. The molecule has 0 amide bonds. The number of aliphatic carboxylic acids is 1. The van der Waals surface area contributed by atoms with Crippen molar-refractivity contribution in [2.45, 2.75) is 32.5 Å². The smallest absolute Gasteiger partial charge is 0.333 e. The van der Waals surface area contributed by atoms with Crippen LogP contribution >= 0.6 is 0 Å². The SMILES string of the molecule is CC(C)O[C@H](Cc1cccc(O)c1)C(=O)O. The average Bonchev–Trinajstić information content (AvgIpc) is 2.15. The van der Waals surface area contributed by atoms with Crippen molar-refractivity contribution < 1.29 is 19.7 Å². The normalized spacial score (nSPS) is 12.7. The van der Waals surface area contributed by atoms with E-state index in [4.69, 9.17) is 9.84 Å². The lowest BCUT2D eigenvalue weighted by atomic mass is 10.1. The minimum Gasteiger partial charge on any atom is -0.508 e. The summed E-state index contributed by atoms with van der Waals surface area (Å²) >= 11 is 0. The zero-order valence-electron chi connectivity index (χ0n) is 9.38. The molecule has 0 heterocycles. The summed E-state index contributed by atoms with van der Waals surface area (Å²) in [6.45, 7) is 3.58. The maximum Gasteiger partial charge on any atom is 0.333 e. The lowest BCUT2D eigenvalue weighted by Gasteiger charge is -2.16. The molecule has 1 rings (SSSR count). The minimum absolute atomic E-state index is 0.131. The highest BCUT2D eigenvalue weighted by Crippen LogP contribution is 2.14. The second-order valence-electron chi connectivity index (χ2n) is 3.89. The number of carboxylic acid groups (broad SMARTS) is 1. The van der Waals surface area contributed by atoms with Gasteiger partial charge in [-0.15, -0.1) is 0 Å². The lowest BCUT2D eigenvalue weighted by molar-refractivity contribution is -0.153. The van der Waals surface area contributed by atoms with Crippen LogP contribution in [-0.4, -0.2) is 28.4 Å². The van der Waals surface area contributed by atoms with Gasteiger partial charge in [0.2, 0.25) is 0 Å². The Hall–Kier alpha value is -1.55. The molecule has 0 aliphatic carbocycles. The molecule has 4 nitrogen and oxygen atoms in total. The van der Waals surface area contributed by atoms with E-state index >= 15 is 0 Å². The number of rotatable bonds is 5. The summed E-state index contributed by atoms with van der Waals surface area (Å²) in [4.78, 5) is 10.9. The average molecular weight is 224 g/mol. The molecule has 0 aromatic heterocycles. The van der Waals surface area contributed by atoms with E-state index in [1.165, 1.54) is 0 Å². The molecule has 1 aromatic carbocycles. The van der Waals surface area contributed by atoms with Gasteiger partial charge in [0.05, 0.1) is 6.10 Å². The third-order valence-electron chi connectivity index (χ3n) is 2.04. The molecule has 88 valence electrons. The van der Waals surface area contributed by atoms with Crippen molar-refractivity contribution in [3.05, 3.63) is 29.8 Å². The topological polar surface area (TPSA) is 66.8 Å². The van der Waals surface area contributed by atoms with Crippen molar-refractivity contribution >= 4 is 5.97 Å². The number of carbonyl (C=O) groups is 1. The van der Waals surface area contributed by atoms with Gasteiger partial charge in [-0.05, 0) is 31.5 Å². The molecular formula is C12H16O4. The number of hydrogen-bond donors (Lipinski definition) is 2. The van der Waals surface area contributed by atoms with Gasteiger partial charge < -0.3 is 14.9 Å². The fraction of sp³-hybridized carbons (Fsp3) is 0.417. The number of ether oxygens (including phenoxy) is 1. The molecule has 0 saturated carbocycles. The first kappa shape index (κ1) is 12.5. The van der Waals surface area contributed by atoms with Crippen LogP contribution in [0.4, 0.5) is 0 Å². The standard InChI is InChI=1S/C12H16O4/c1-8(2)16-11(12(14)15)7-9-4-3-5-10(13)6-9/h3-6,8,11,13H,7H2,1-2H3,(H,14,15)/t11-/m1/s1. The van der Waals surface area contributed by atoms with E-state index in [2.05, 4.69) is 0 Å². The van der Waals surface area contributed by atoms with Crippen LogP contribution in [-0.2, 0) is 16.0 Å². The fourth-order valence-corrected chi connectivity index (χ4v) is 1.42. The highest BCUT2D eigenvalue weighted by Gasteiger charge is 2.20. The van der Waals surface area contributed by atoms with E-state index < -0.39 is 12.1 Å². The van der Waals surface area contributed by atoms with Gasteiger partial charge in [-0.2, -0.15) is 0 Å². The summed E-state index contributed by atoms with van der Waals surface area (Å²) in [5.41, 5.74) is 0.744. The second-order valence-corrected chi connectivity index (χ2v) is 3.89. The number of benzene rings is 1. The summed E-state index contributed by atoms with van der Waals surface area (Å²) in [6.07, 6.45) is -0.762. The van der Waals surface area contributed by atoms with E-state index in [1.807, 2.05) is 0 Å². The predicted octanol–water partition coefficient (Wildman–Crippen LogP) is 1.81. The Morgan fingerprint density at radius 1 is 1.44 bits per heavy atom. The monoisotopic (exact) mass is 224 g/mol. The first-order chi connectivity index (χ1) is 7.49. The highest BCUT2D eigenvalue weighted by atomic mass is 16.5. The molecule has 0 aliphatic rings. The van der Waals surface area contributed by atoms with Gasteiger partial charge in [-0.1, -0.05) is 12.1 Å². The molecular weight excluding hydrogens is 208 g/mol. The van der Waals surface area contributed by atoms with E-state index in [9.17, 15) is 9.90 Å². The number of phenols is 1. The van der Waals surface area contributed by atoms with Crippen molar-refractivity contribution in [1.82, 2.24) is 0 Å². The van der Waals surface area contributed by atoms with Gasteiger partial charge in [0.1, 0.15) is 5.75 Å². The number of aromatic hydroxyl groups is 1. The molecule has 1 aromatic rings. The van der Waals surface area contributed by atoms with Crippen molar-refractivity contribution in [3.8, 4) is 5.75 Å². The van der Waals surface area contributed by atoms with Crippen molar-refractivity contribution in [1.29, 1.82) is 0 Å². The fourth-order valence-electron chi connectivity index (χ4n) is 1.42. The van der Waals surface area contributed by atoms with Gasteiger partial charge >= 0.3 is 5.97 Å². The molecule has 0 aliphatic heterocycles. The van der Waals surface area contributed by atoms with Crippen molar-refractivity contribution in [2.75, 3.05) is 0 Å².